The highest BCUT2D eigenvalue weighted by Crippen LogP contribution is 2.26. The van der Waals surface area contributed by atoms with Gasteiger partial charge in [-0.15, -0.1) is 11.8 Å². The highest BCUT2D eigenvalue weighted by molar-refractivity contribution is 7.98. The molecular formula is C12H15N3S. The Morgan fingerprint density at radius 3 is 2.56 bits per heavy atom. The zero-order valence-electron chi connectivity index (χ0n) is 9.69. The summed E-state index contributed by atoms with van der Waals surface area (Å²) in [7, 11) is 1.85. The van der Waals surface area contributed by atoms with Crippen molar-refractivity contribution in [3.63, 3.8) is 0 Å². The van der Waals surface area contributed by atoms with Crippen LogP contribution in [0.5, 0.6) is 0 Å². The van der Waals surface area contributed by atoms with E-state index in [2.05, 4.69) is 36.5 Å². The molecule has 16 heavy (non-hydrogen) atoms. The van der Waals surface area contributed by atoms with Gasteiger partial charge in [0.15, 0.2) is 0 Å². The minimum absolute atomic E-state index is 0.682. The van der Waals surface area contributed by atoms with Crippen LogP contribution in [0.25, 0.3) is 11.3 Å². The third kappa shape index (κ3) is 1.93. The molecule has 0 spiro atoms. The molecule has 1 heterocycles. The first-order chi connectivity index (χ1) is 7.61. The number of nitrogen functional groups attached to an aromatic ring is 1. The van der Waals surface area contributed by atoms with Crippen molar-refractivity contribution in [3.05, 3.63) is 29.8 Å². The molecule has 0 amide bonds. The summed E-state index contributed by atoms with van der Waals surface area (Å²) in [4.78, 5) is 1.30. The molecule has 2 aromatic rings. The van der Waals surface area contributed by atoms with Gasteiger partial charge in [-0.25, -0.2) is 0 Å². The number of rotatable bonds is 2. The molecule has 84 valence electrons. The first-order valence-corrected chi connectivity index (χ1v) is 6.29. The van der Waals surface area contributed by atoms with Crippen LogP contribution in [0.15, 0.2) is 29.2 Å². The molecule has 0 unspecified atom stereocenters. The van der Waals surface area contributed by atoms with Crippen LogP contribution in [0.1, 0.15) is 5.56 Å². The number of anilines is 1. The number of thioether (sulfide) groups is 1. The van der Waals surface area contributed by atoms with Crippen molar-refractivity contribution < 1.29 is 0 Å². The third-order valence-electron chi connectivity index (χ3n) is 2.61. The molecule has 0 saturated carbocycles. The van der Waals surface area contributed by atoms with Crippen molar-refractivity contribution in [2.24, 2.45) is 7.05 Å². The van der Waals surface area contributed by atoms with Gasteiger partial charge in [-0.1, -0.05) is 6.07 Å². The second-order valence-electron chi connectivity index (χ2n) is 3.76. The summed E-state index contributed by atoms with van der Waals surface area (Å²) in [5.74, 6) is 0.682. The lowest BCUT2D eigenvalue weighted by Crippen LogP contribution is -1.96. The average Bonchev–Trinajstić information content (AvgIpc) is 2.59. The van der Waals surface area contributed by atoms with Gasteiger partial charge < -0.3 is 5.73 Å². The Balaban J connectivity index is 2.45. The van der Waals surface area contributed by atoms with Gasteiger partial charge in [0.25, 0.3) is 0 Å². The van der Waals surface area contributed by atoms with Crippen LogP contribution in [0.3, 0.4) is 0 Å². The van der Waals surface area contributed by atoms with E-state index in [0.717, 1.165) is 11.3 Å². The van der Waals surface area contributed by atoms with Crippen LogP contribution >= 0.6 is 11.8 Å². The van der Waals surface area contributed by atoms with Crippen LogP contribution < -0.4 is 5.73 Å². The summed E-state index contributed by atoms with van der Waals surface area (Å²) in [6.07, 6.45) is 2.08. The molecule has 0 saturated heterocycles. The lowest BCUT2D eigenvalue weighted by Gasteiger charge is -2.04. The van der Waals surface area contributed by atoms with Gasteiger partial charge in [0.2, 0.25) is 0 Å². The van der Waals surface area contributed by atoms with Crippen LogP contribution in [-0.2, 0) is 7.05 Å². The summed E-state index contributed by atoms with van der Waals surface area (Å²) in [6, 6.07) is 8.25. The maximum atomic E-state index is 5.77. The fourth-order valence-corrected chi connectivity index (χ4v) is 2.25. The van der Waals surface area contributed by atoms with E-state index in [-0.39, 0.29) is 0 Å². The second kappa shape index (κ2) is 4.22. The van der Waals surface area contributed by atoms with Crippen molar-refractivity contribution in [3.8, 4) is 11.3 Å². The van der Waals surface area contributed by atoms with Crippen molar-refractivity contribution in [1.82, 2.24) is 9.78 Å². The highest BCUT2D eigenvalue weighted by Gasteiger charge is 2.06. The van der Waals surface area contributed by atoms with Gasteiger partial charge in [-0.05, 0) is 30.9 Å². The zero-order chi connectivity index (χ0) is 11.7. The summed E-state index contributed by atoms with van der Waals surface area (Å²) in [5, 5.41) is 4.36. The summed E-state index contributed by atoms with van der Waals surface area (Å²) < 4.78 is 1.69. The second-order valence-corrected chi connectivity index (χ2v) is 4.61. The number of nitrogens with zero attached hydrogens (tertiary/aromatic N) is 2. The first-order valence-electron chi connectivity index (χ1n) is 5.06. The Labute approximate surface area is 99.7 Å². The van der Waals surface area contributed by atoms with Crippen molar-refractivity contribution in [1.29, 1.82) is 0 Å². The van der Waals surface area contributed by atoms with Crippen molar-refractivity contribution in [2.75, 3.05) is 12.0 Å². The van der Waals surface area contributed by atoms with E-state index in [9.17, 15) is 0 Å². The zero-order valence-corrected chi connectivity index (χ0v) is 10.5. The number of nitrogens with two attached hydrogens (primary N) is 1. The van der Waals surface area contributed by atoms with E-state index in [1.54, 1.807) is 16.4 Å². The van der Waals surface area contributed by atoms with Crippen LogP contribution in [-0.4, -0.2) is 16.0 Å². The Hall–Kier alpha value is -1.42. The number of aryl methyl sites for hydroxylation is 2. The fourth-order valence-electron chi connectivity index (χ4n) is 1.66. The molecule has 0 fully saturated rings. The maximum Gasteiger partial charge on any atom is 0.121 e. The van der Waals surface area contributed by atoms with Crippen LogP contribution in [0, 0.1) is 6.92 Å². The van der Waals surface area contributed by atoms with Gasteiger partial charge in [0.1, 0.15) is 5.82 Å². The molecule has 0 aliphatic rings. The minimum Gasteiger partial charge on any atom is -0.384 e. The van der Waals surface area contributed by atoms with Crippen LogP contribution in [0.4, 0.5) is 5.82 Å². The minimum atomic E-state index is 0.682. The smallest absolute Gasteiger partial charge is 0.121 e. The summed E-state index contributed by atoms with van der Waals surface area (Å²) in [6.45, 7) is 2.11. The summed E-state index contributed by atoms with van der Waals surface area (Å²) >= 11 is 1.76. The Morgan fingerprint density at radius 2 is 2.06 bits per heavy atom. The van der Waals surface area contributed by atoms with E-state index >= 15 is 0 Å². The third-order valence-corrected chi connectivity index (χ3v) is 3.50. The predicted octanol–water partition coefficient (Wildman–Crippen LogP) is 2.70. The number of benzene rings is 1. The van der Waals surface area contributed by atoms with E-state index in [0.29, 0.717) is 5.82 Å². The first kappa shape index (κ1) is 11.1. The number of hydrogen-bond donors (Lipinski definition) is 1. The largest absolute Gasteiger partial charge is 0.384 e. The van der Waals surface area contributed by atoms with E-state index in [4.69, 9.17) is 5.73 Å². The molecule has 0 aliphatic carbocycles. The topological polar surface area (TPSA) is 43.8 Å². The molecule has 0 aliphatic heterocycles. The molecule has 0 bridgehead atoms. The maximum absolute atomic E-state index is 5.77. The molecule has 0 atom stereocenters. The van der Waals surface area contributed by atoms with E-state index in [1.165, 1.54) is 10.5 Å². The molecule has 4 heteroatoms. The quantitative estimate of drug-likeness (QED) is 0.811. The molecular weight excluding hydrogens is 218 g/mol. The molecule has 3 nitrogen and oxygen atoms in total. The number of aromatic nitrogens is 2. The normalized spacial score (nSPS) is 10.7. The standard InChI is InChI=1S/C12H15N3S/c1-8-6-9(4-5-11(8)16-3)10-7-12(13)15(2)14-10/h4-7H,13H2,1-3H3. The average molecular weight is 233 g/mol. The Bertz CT molecular complexity index is 497. The lowest BCUT2D eigenvalue weighted by molar-refractivity contribution is 0.782. The van der Waals surface area contributed by atoms with E-state index in [1.807, 2.05) is 13.1 Å². The van der Waals surface area contributed by atoms with E-state index < -0.39 is 0 Å². The van der Waals surface area contributed by atoms with Gasteiger partial charge >= 0.3 is 0 Å². The SMILES string of the molecule is CSc1ccc(-c2cc(N)n(C)n2)cc1C. The molecule has 2 N–H and O–H groups in total. The van der Waals surface area contributed by atoms with Gasteiger partial charge in [0, 0.05) is 23.6 Å². The van der Waals surface area contributed by atoms with Crippen molar-refractivity contribution >= 4 is 17.6 Å². The molecule has 1 aromatic carbocycles. The Kier molecular flexibility index (Phi) is 2.92. The number of hydrogen-bond acceptors (Lipinski definition) is 3. The highest BCUT2D eigenvalue weighted by atomic mass is 32.2. The lowest BCUT2D eigenvalue weighted by atomic mass is 10.1. The monoisotopic (exact) mass is 233 g/mol. The van der Waals surface area contributed by atoms with Crippen molar-refractivity contribution in [2.45, 2.75) is 11.8 Å². The van der Waals surface area contributed by atoms with Gasteiger partial charge in [-0.2, -0.15) is 5.10 Å². The van der Waals surface area contributed by atoms with Gasteiger partial charge in [-0.3, -0.25) is 4.68 Å². The Morgan fingerprint density at radius 1 is 1.31 bits per heavy atom. The van der Waals surface area contributed by atoms with Gasteiger partial charge in [0.05, 0.1) is 5.69 Å². The molecule has 2 rings (SSSR count). The predicted molar refractivity (Wildman–Crippen MR) is 69.6 cm³/mol. The molecule has 1 aromatic heterocycles. The van der Waals surface area contributed by atoms with Crippen LogP contribution in [0.2, 0.25) is 0 Å². The summed E-state index contributed by atoms with van der Waals surface area (Å²) in [5.41, 5.74) is 9.08. The molecule has 0 radical (unpaired) electrons. The fraction of sp³-hybridized carbons (Fsp3) is 0.250.